The monoisotopic (exact) mass is 386 g/mol. The van der Waals surface area contributed by atoms with E-state index in [-0.39, 0.29) is 5.75 Å². The van der Waals surface area contributed by atoms with E-state index >= 15 is 0 Å². The zero-order valence-corrected chi connectivity index (χ0v) is 16.4. The van der Waals surface area contributed by atoms with Crippen LogP contribution in [0.3, 0.4) is 0 Å². The maximum Gasteiger partial charge on any atom is 0.193 e. The van der Waals surface area contributed by atoms with Crippen molar-refractivity contribution in [2.45, 2.75) is 4.90 Å². The molecule has 1 saturated heterocycles. The Morgan fingerprint density at radius 2 is 1.56 bits per heavy atom. The molecule has 1 fully saturated rings. The Hall–Kier alpha value is -2.54. The highest BCUT2D eigenvalue weighted by Gasteiger charge is 2.20. The molecule has 0 aliphatic carbocycles. The molecule has 0 unspecified atom stereocenters. The molecule has 0 atom stereocenters. The van der Waals surface area contributed by atoms with Crippen LogP contribution in [-0.4, -0.2) is 64.8 Å². The highest BCUT2D eigenvalue weighted by molar-refractivity contribution is 7.91. The predicted molar refractivity (Wildman–Crippen MR) is 110 cm³/mol. The van der Waals surface area contributed by atoms with Gasteiger partial charge in [-0.2, -0.15) is 0 Å². The third-order valence-corrected chi connectivity index (χ3v) is 6.40. The lowest BCUT2D eigenvalue weighted by atomic mass is 10.2. The largest absolute Gasteiger partial charge is 0.368 e. The van der Waals surface area contributed by atoms with Gasteiger partial charge in [0.1, 0.15) is 0 Å². The summed E-state index contributed by atoms with van der Waals surface area (Å²) < 4.78 is 24.8. The first kappa shape index (κ1) is 19.2. The normalized spacial score (nSPS) is 15.7. The van der Waals surface area contributed by atoms with Gasteiger partial charge >= 0.3 is 0 Å². The van der Waals surface area contributed by atoms with E-state index in [1.807, 2.05) is 12.1 Å². The first-order valence-electron chi connectivity index (χ1n) is 9.13. The summed E-state index contributed by atoms with van der Waals surface area (Å²) >= 11 is 0. The Balaban J connectivity index is 1.50. The molecule has 1 aliphatic rings. The van der Waals surface area contributed by atoms with Crippen LogP contribution in [0.1, 0.15) is 0 Å². The van der Waals surface area contributed by atoms with Gasteiger partial charge in [-0.3, -0.25) is 4.99 Å². The van der Waals surface area contributed by atoms with Gasteiger partial charge in [0.2, 0.25) is 0 Å². The van der Waals surface area contributed by atoms with Gasteiger partial charge in [0.15, 0.2) is 15.8 Å². The van der Waals surface area contributed by atoms with Crippen LogP contribution < -0.4 is 10.2 Å². The number of anilines is 1. The first-order chi connectivity index (χ1) is 13.1. The van der Waals surface area contributed by atoms with Gasteiger partial charge in [-0.05, 0) is 24.3 Å². The molecule has 0 amide bonds. The average Bonchev–Trinajstić information content (AvgIpc) is 2.73. The highest BCUT2D eigenvalue weighted by atomic mass is 32.2. The van der Waals surface area contributed by atoms with Crippen LogP contribution in [0.25, 0.3) is 0 Å². The number of piperazine rings is 1. The standard InChI is InChI=1S/C20H26N4O2S/c1-21-20(22-12-17-27(25,26)19-10-6-3-7-11-19)24-15-13-23(14-16-24)18-8-4-2-5-9-18/h2-11H,12-17H2,1H3,(H,21,22). The van der Waals surface area contributed by atoms with Crippen LogP contribution in [-0.2, 0) is 9.84 Å². The number of para-hydroxylation sites is 1. The lowest BCUT2D eigenvalue weighted by Crippen LogP contribution is -2.53. The van der Waals surface area contributed by atoms with Crippen molar-refractivity contribution in [3.63, 3.8) is 0 Å². The molecule has 2 aromatic rings. The number of nitrogens with one attached hydrogen (secondary N) is 1. The van der Waals surface area contributed by atoms with Crippen molar-refractivity contribution in [2.24, 2.45) is 4.99 Å². The summed E-state index contributed by atoms with van der Waals surface area (Å²) in [6, 6.07) is 18.9. The Bertz CT molecular complexity index is 846. The van der Waals surface area contributed by atoms with E-state index in [1.54, 1.807) is 31.3 Å². The lowest BCUT2D eigenvalue weighted by molar-refractivity contribution is 0.373. The van der Waals surface area contributed by atoms with Gasteiger partial charge in [0, 0.05) is 45.5 Å². The molecule has 1 N–H and O–H groups in total. The van der Waals surface area contributed by atoms with Crippen LogP contribution in [0.5, 0.6) is 0 Å². The van der Waals surface area contributed by atoms with Crippen molar-refractivity contribution in [2.75, 3.05) is 50.4 Å². The number of benzene rings is 2. The molecule has 27 heavy (non-hydrogen) atoms. The van der Waals surface area contributed by atoms with Crippen molar-refractivity contribution in [1.29, 1.82) is 0 Å². The maximum absolute atomic E-state index is 12.4. The maximum atomic E-state index is 12.4. The van der Waals surface area contributed by atoms with Gasteiger partial charge < -0.3 is 15.1 Å². The highest BCUT2D eigenvalue weighted by Crippen LogP contribution is 2.15. The van der Waals surface area contributed by atoms with E-state index in [0.29, 0.717) is 11.4 Å². The molecule has 0 spiro atoms. The number of hydrogen-bond donors (Lipinski definition) is 1. The fraction of sp³-hybridized carbons (Fsp3) is 0.350. The van der Waals surface area contributed by atoms with Crippen molar-refractivity contribution < 1.29 is 8.42 Å². The Labute approximate surface area is 161 Å². The van der Waals surface area contributed by atoms with E-state index in [9.17, 15) is 8.42 Å². The molecule has 6 nitrogen and oxygen atoms in total. The van der Waals surface area contributed by atoms with Crippen LogP contribution in [0.4, 0.5) is 5.69 Å². The molecule has 0 saturated carbocycles. The topological polar surface area (TPSA) is 65.0 Å². The minimum absolute atomic E-state index is 0.0417. The molecular formula is C20H26N4O2S. The van der Waals surface area contributed by atoms with E-state index in [1.165, 1.54) is 5.69 Å². The van der Waals surface area contributed by atoms with E-state index in [4.69, 9.17) is 0 Å². The molecule has 7 heteroatoms. The Kier molecular flexibility index (Phi) is 6.34. The summed E-state index contributed by atoms with van der Waals surface area (Å²) in [6.07, 6.45) is 0. The summed E-state index contributed by atoms with van der Waals surface area (Å²) in [6.45, 7) is 3.85. The number of rotatable bonds is 5. The number of nitrogens with zero attached hydrogens (tertiary/aromatic N) is 3. The number of guanidine groups is 1. The molecule has 2 aromatic carbocycles. The number of sulfone groups is 1. The van der Waals surface area contributed by atoms with Crippen molar-refractivity contribution in [1.82, 2.24) is 10.2 Å². The molecule has 0 aromatic heterocycles. The SMILES string of the molecule is CN=C(NCCS(=O)(=O)c1ccccc1)N1CCN(c2ccccc2)CC1. The predicted octanol–water partition coefficient (Wildman–Crippen LogP) is 1.86. The molecule has 0 bridgehead atoms. The fourth-order valence-corrected chi connectivity index (χ4v) is 4.37. The lowest BCUT2D eigenvalue weighted by Gasteiger charge is -2.37. The van der Waals surface area contributed by atoms with E-state index < -0.39 is 9.84 Å². The summed E-state index contributed by atoms with van der Waals surface area (Å²) in [5.74, 6) is 0.797. The fourth-order valence-electron chi connectivity index (χ4n) is 3.19. The van der Waals surface area contributed by atoms with E-state index in [0.717, 1.165) is 32.1 Å². The summed E-state index contributed by atoms with van der Waals surface area (Å²) in [5.41, 5.74) is 1.23. The minimum atomic E-state index is -3.28. The van der Waals surface area contributed by atoms with Crippen molar-refractivity contribution in [3.05, 3.63) is 60.7 Å². The van der Waals surface area contributed by atoms with Gasteiger partial charge in [-0.15, -0.1) is 0 Å². The Morgan fingerprint density at radius 1 is 0.963 bits per heavy atom. The zero-order valence-electron chi connectivity index (χ0n) is 15.6. The quantitative estimate of drug-likeness (QED) is 0.628. The third-order valence-electron chi connectivity index (χ3n) is 4.67. The molecule has 3 rings (SSSR count). The smallest absolute Gasteiger partial charge is 0.193 e. The second-order valence-corrected chi connectivity index (χ2v) is 8.52. The summed E-state index contributed by atoms with van der Waals surface area (Å²) in [4.78, 5) is 9.21. The molecule has 0 radical (unpaired) electrons. The van der Waals surface area contributed by atoms with Crippen LogP contribution in [0.15, 0.2) is 70.6 Å². The molecular weight excluding hydrogens is 360 g/mol. The third kappa shape index (κ3) is 5.01. The second kappa shape index (κ2) is 8.90. The van der Waals surface area contributed by atoms with Gasteiger partial charge in [0.05, 0.1) is 10.6 Å². The second-order valence-electron chi connectivity index (χ2n) is 6.42. The summed E-state index contributed by atoms with van der Waals surface area (Å²) in [5, 5.41) is 3.20. The van der Waals surface area contributed by atoms with E-state index in [2.05, 4.69) is 44.4 Å². The van der Waals surface area contributed by atoms with Crippen LogP contribution >= 0.6 is 0 Å². The Morgan fingerprint density at radius 3 is 2.15 bits per heavy atom. The summed E-state index contributed by atoms with van der Waals surface area (Å²) in [7, 11) is -1.55. The molecule has 1 heterocycles. The average molecular weight is 387 g/mol. The van der Waals surface area contributed by atoms with Crippen molar-refractivity contribution in [3.8, 4) is 0 Å². The molecule has 144 valence electrons. The van der Waals surface area contributed by atoms with Crippen molar-refractivity contribution >= 4 is 21.5 Å². The zero-order chi connectivity index (χ0) is 19.1. The van der Waals surface area contributed by atoms with Gasteiger partial charge in [-0.25, -0.2) is 8.42 Å². The van der Waals surface area contributed by atoms with Gasteiger partial charge in [0.25, 0.3) is 0 Å². The minimum Gasteiger partial charge on any atom is -0.368 e. The van der Waals surface area contributed by atoms with Crippen LogP contribution in [0.2, 0.25) is 0 Å². The van der Waals surface area contributed by atoms with Crippen LogP contribution in [0, 0.1) is 0 Å². The number of aliphatic imine (C=N–C) groups is 1. The van der Waals surface area contributed by atoms with Gasteiger partial charge in [-0.1, -0.05) is 36.4 Å². The first-order valence-corrected chi connectivity index (χ1v) is 10.8. The number of hydrogen-bond acceptors (Lipinski definition) is 4. The molecule has 1 aliphatic heterocycles.